The molecule has 12 heavy (non-hydrogen) atoms. The van der Waals surface area contributed by atoms with Gasteiger partial charge in [0.1, 0.15) is 5.82 Å². The van der Waals surface area contributed by atoms with E-state index in [0.29, 0.717) is 0 Å². The zero-order valence-electron chi connectivity index (χ0n) is 6.53. The Balaban J connectivity index is 0.000000720. The van der Waals surface area contributed by atoms with Crippen LogP contribution in [0, 0.1) is 5.82 Å². The van der Waals surface area contributed by atoms with Gasteiger partial charge in [0.05, 0.1) is 0 Å². The van der Waals surface area contributed by atoms with Crippen LogP contribution in [-0.4, -0.2) is 6.04 Å². The summed E-state index contributed by atoms with van der Waals surface area (Å²) < 4.78 is 13.0. The maximum absolute atomic E-state index is 13.0. The predicted molar refractivity (Wildman–Crippen MR) is 49.0 cm³/mol. The van der Waals surface area contributed by atoms with Crippen LogP contribution in [-0.2, 0) is 0 Å². The zero-order chi connectivity index (χ0) is 7.84. The van der Waals surface area contributed by atoms with Gasteiger partial charge in [-0.1, -0.05) is 18.2 Å². The van der Waals surface area contributed by atoms with Crippen LogP contribution in [0.15, 0.2) is 24.3 Å². The Morgan fingerprint density at radius 1 is 1.33 bits per heavy atom. The third kappa shape index (κ3) is 1.59. The van der Waals surface area contributed by atoms with Crippen LogP contribution in [0.2, 0.25) is 0 Å². The van der Waals surface area contributed by atoms with Gasteiger partial charge in [-0.3, -0.25) is 0 Å². The van der Waals surface area contributed by atoms with E-state index < -0.39 is 0 Å². The van der Waals surface area contributed by atoms with E-state index in [2.05, 4.69) is 0 Å². The molecule has 0 unspecified atom stereocenters. The molecule has 2 atom stereocenters. The van der Waals surface area contributed by atoms with Crippen molar-refractivity contribution >= 4 is 12.4 Å². The van der Waals surface area contributed by atoms with Gasteiger partial charge in [0.2, 0.25) is 0 Å². The quantitative estimate of drug-likeness (QED) is 0.716. The molecule has 0 radical (unpaired) electrons. The number of rotatable bonds is 1. The third-order valence-corrected chi connectivity index (χ3v) is 2.14. The first-order chi connectivity index (χ1) is 5.29. The molecule has 0 spiro atoms. The first kappa shape index (κ1) is 9.49. The van der Waals surface area contributed by atoms with Gasteiger partial charge in [-0.15, -0.1) is 12.4 Å². The first-order valence-corrected chi connectivity index (χ1v) is 3.79. The van der Waals surface area contributed by atoms with Crippen LogP contribution in [0.4, 0.5) is 4.39 Å². The van der Waals surface area contributed by atoms with Gasteiger partial charge in [-0.2, -0.15) is 0 Å². The number of hydrogen-bond acceptors (Lipinski definition) is 1. The summed E-state index contributed by atoms with van der Waals surface area (Å²) in [6, 6.07) is 7.04. The summed E-state index contributed by atoms with van der Waals surface area (Å²) in [6.07, 6.45) is 0.931. The Morgan fingerprint density at radius 3 is 2.42 bits per heavy atom. The molecule has 1 aromatic rings. The molecule has 1 aliphatic carbocycles. The Hall–Kier alpha value is -0.600. The van der Waals surface area contributed by atoms with Crippen molar-refractivity contribution in [1.29, 1.82) is 0 Å². The summed E-state index contributed by atoms with van der Waals surface area (Å²) in [7, 11) is 0. The molecule has 1 aliphatic rings. The molecule has 0 heterocycles. The second-order valence-electron chi connectivity index (χ2n) is 3.03. The SMILES string of the molecule is Cl.N[C@@H]1C[C@H]1c1ccccc1F. The van der Waals surface area contributed by atoms with E-state index in [9.17, 15) is 4.39 Å². The van der Waals surface area contributed by atoms with Gasteiger partial charge >= 0.3 is 0 Å². The summed E-state index contributed by atoms with van der Waals surface area (Å²) in [5.74, 6) is 0.154. The largest absolute Gasteiger partial charge is 0.327 e. The summed E-state index contributed by atoms with van der Waals surface area (Å²) in [4.78, 5) is 0. The Bertz CT molecular complexity index is 277. The second kappa shape index (κ2) is 3.42. The predicted octanol–water partition coefficient (Wildman–Crippen LogP) is 2.06. The van der Waals surface area contributed by atoms with Crippen LogP contribution in [0.5, 0.6) is 0 Å². The Morgan fingerprint density at radius 2 is 1.92 bits per heavy atom. The molecule has 1 aromatic carbocycles. The van der Waals surface area contributed by atoms with Gasteiger partial charge in [-0.05, 0) is 18.1 Å². The highest BCUT2D eigenvalue weighted by Gasteiger charge is 2.36. The topological polar surface area (TPSA) is 26.0 Å². The van der Waals surface area contributed by atoms with E-state index in [-0.39, 0.29) is 30.2 Å². The van der Waals surface area contributed by atoms with E-state index in [4.69, 9.17) is 5.73 Å². The standard InChI is InChI=1S/C9H10FN.ClH/c10-8-4-2-1-3-6(8)7-5-9(7)11;/h1-4,7,9H,5,11H2;1H/t7-,9+;/m0./s1. The Labute approximate surface area is 77.2 Å². The highest BCUT2D eigenvalue weighted by atomic mass is 35.5. The molecule has 0 saturated heterocycles. The van der Waals surface area contributed by atoms with E-state index >= 15 is 0 Å². The molecular formula is C9H11ClFN. The molecular weight excluding hydrogens is 177 g/mol. The van der Waals surface area contributed by atoms with Crippen LogP contribution < -0.4 is 5.73 Å². The average Bonchev–Trinajstić information content (AvgIpc) is 2.68. The highest BCUT2D eigenvalue weighted by molar-refractivity contribution is 5.85. The lowest BCUT2D eigenvalue weighted by Crippen LogP contribution is -2.01. The van der Waals surface area contributed by atoms with Crippen molar-refractivity contribution in [3.8, 4) is 0 Å². The van der Waals surface area contributed by atoms with Crippen LogP contribution in [0.25, 0.3) is 0 Å². The third-order valence-electron chi connectivity index (χ3n) is 2.14. The number of hydrogen-bond donors (Lipinski definition) is 1. The van der Waals surface area contributed by atoms with Crippen molar-refractivity contribution in [2.75, 3.05) is 0 Å². The lowest BCUT2D eigenvalue weighted by molar-refractivity contribution is 0.609. The molecule has 1 fully saturated rings. The van der Waals surface area contributed by atoms with Gasteiger partial charge in [0, 0.05) is 12.0 Å². The molecule has 0 aromatic heterocycles. The van der Waals surface area contributed by atoms with Gasteiger partial charge in [-0.25, -0.2) is 4.39 Å². The molecule has 0 amide bonds. The van der Waals surface area contributed by atoms with E-state index in [1.165, 1.54) is 6.07 Å². The second-order valence-corrected chi connectivity index (χ2v) is 3.03. The van der Waals surface area contributed by atoms with E-state index in [1.807, 2.05) is 12.1 Å². The molecule has 2 N–H and O–H groups in total. The lowest BCUT2D eigenvalue weighted by atomic mass is 10.1. The van der Waals surface area contributed by atoms with Crippen molar-refractivity contribution < 1.29 is 4.39 Å². The van der Waals surface area contributed by atoms with Crippen molar-refractivity contribution in [2.45, 2.75) is 18.4 Å². The zero-order valence-corrected chi connectivity index (χ0v) is 7.35. The van der Waals surface area contributed by atoms with E-state index in [0.717, 1.165) is 12.0 Å². The molecule has 66 valence electrons. The normalized spacial score (nSPS) is 26.2. The molecule has 0 aliphatic heterocycles. The summed E-state index contributed by atoms with van der Waals surface area (Å²) in [5.41, 5.74) is 6.38. The molecule has 1 saturated carbocycles. The van der Waals surface area contributed by atoms with Crippen LogP contribution in [0.1, 0.15) is 17.9 Å². The monoisotopic (exact) mass is 187 g/mol. The summed E-state index contributed by atoms with van der Waals surface area (Å²) in [5, 5.41) is 0. The summed E-state index contributed by atoms with van der Waals surface area (Å²) in [6.45, 7) is 0. The molecule has 1 nitrogen and oxygen atoms in total. The van der Waals surface area contributed by atoms with E-state index in [1.54, 1.807) is 6.07 Å². The van der Waals surface area contributed by atoms with Crippen molar-refractivity contribution in [3.63, 3.8) is 0 Å². The van der Waals surface area contributed by atoms with Gasteiger partial charge < -0.3 is 5.73 Å². The number of benzene rings is 1. The minimum absolute atomic E-state index is 0. The minimum atomic E-state index is -0.120. The fourth-order valence-electron chi connectivity index (χ4n) is 1.35. The summed E-state index contributed by atoms with van der Waals surface area (Å²) >= 11 is 0. The molecule has 0 bridgehead atoms. The van der Waals surface area contributed by atoms with Gasteiger partial charge in [0.15, 0.2) is 0 Å². The minimum Gasteiger partial charge on any atom is -0.327 e. The first-order valence-electron chi connectivity index (χ1n) is 3.79. The molecule has 3 heteroatoms. The number of nitrogens with two attached hydrogens (primary N) is 1. The fourth-order valence-corrected chi connectivity index (χ4v) is 1.35. The van der Waals surface area contributed by atoms with Crippen molar-refractivity contribution in [2.24, 2.45) is 5.73 Å². The van der Waals surface area contributed by atoms with Crippen LogP contribution >= 0.6 is 12.4 Å². The maximum Gasteiger partial charge on any atom is 0.126 e. The smallest absolute Gasteiger partial charge is 0.126 e. The maximum atomic E-state index is 13.0. The number of halogens is 2. The Kier molecular flexibility index (Phi) is 2.70. The molecule has 2 rings (SSSR count). The van der Waals surface area contributed by atoms with Crippen LogP contribution in [0.3, 0.4) is 0 Å². The van der Waals surface area contributed by atoms with Crippen molar-refractivity contribution in [1.82, 2.24) is 0 Å². The average molecular weight is 188 g/mol. The van der Waals surface area contributed by atoms with Crippen molar-refractivity contribution in [3.05, 3.63) is 35.6 Å². The lowest BCUT2D eigenvalue weighted by Gasteiger charge is -1.98. The van der Waals surface area contributed by atoms with Gasteiger partial charge in [0.25, 0.3) is 0 Å². The highest BCUT2D eigenvalue weighted by Crippen LogP contribution is 2.39. The fraction of sp³-hybridized carbons (Fsp3) is 0.333.